The molecule has 11 heavy (non-hydrogen) atoms. The molecule has 1 aromatic heterocycles. The summed E-state index contributed by atoms with van der Waals surface area (Å²) in [5.41, 5.74) is 0.909. The van der Waals surface area contributed by atoms with E-state index < -0.39 is 0 Å². The van der Waals surface area contributed by atoms with Crippen LogP contribution < -0.4 is 0 Å². The number of halogens is 1. The van der Waals surface area contributed by atoms with Gasteiger partial charge in [-0.3, -0.25) is 9.48 Å². The molecular weight excluding hydrogens is 208 g/mol. The largest absolute Gasteiger partial charge is 0.298 e. The molecule has 3 nitrogen and oxygen atoms in total. The van der Waals surface area contributed by atoms with Crippen molar-refractivity contribution < 1.29 is 4.79 Å². The third kappa shape index (κ3) is 2.15. The molecule has 1 aromatic rings. The number of hydrogen-bond acceptors (Lipinski definition) is 2. The van der Waals surface area contributed by atoms with Crippen LogP contribution in [-0.2, 0) is 11.3 Å². The molecule has 0 bridgehead atoms. The van der Waals surface area contributed by atoms with Crippen molar-refractivity contribution in [2.45, 2.75) is 20.4 Å². The summed E-state index contributed by atoms with van der Waals surface area (Å²) in [6.45, 7) is 3.79. The molecule has 0 saturated carbocycles. The van der Waals surface area contributed by atoms with Gasteiger partial charge in [-0.15, -0.1) is 0 Å². The molecule has 0 N–H and O–H groups in total. The van der Waals surface area contributed by atoms with E-state index in [1.807, 2.05) is 6.92 Å². The Morgan fingerprint density at radius 1 is 1.82 bits per heavy atom. The van der Waals surface area contributed by atoms with E-state index in [4.69, 9.17) is 0 Å². The van der Waals surface area contributed by atoms with E-state index >= 15 is 0 Å². The fraction of sp³-hybridized carbons (Fsp3) is 0.429. The maximum atomic E-state index is 10.7. The lowest BCUT2D eigenvalue weighted by Crippen LogP contribution is -2.06. The van der Waals surface area contributed by atoms with E-state index in [1.165, 1.54) is 0 Å². The number of aromatic nitrogens is 2. The van der Waals surface area contributed by atoms with Crippen molar-refractivity contribution in [3.05, 3.63) is 16.4 Å². The lowest BCUT2D eigenvalue weighted by atomic mass is 10.4. The van der Waals surface area contributed by atoms with Crippen LogP contribution in [-0.4, -0.2) is 15.6 Å². The van der Waals surface area contributed by atoms with Crippen LogP contribution in [0.3, 0.4) is 0 Å². The fourth-order valence-electron chi connectivity index (χ4n) is 0.803. The summed E-state index contributed by atoms with van der Waals surface area (Å²) in [5.74, 6) is 0.111. The summed E-state index contributed by atoms with van der Waals surface area (Å²) in [6.07, 6.45) is 1.80. The average molecular weight is 217 g/mol. The fourth-order valence-corrected chi connectivity index (χ4v) is 1.12. The van der Waals surface area contributed by atoms with Crippen LogP contribution in [0.25, 0.3) is 0 Å². The van der Waals surface area contributed by atoms with Crippen LogP contribution in [0.15, 0.2) is 10.7 Å². The van der Waals surface area contributed by atoms with Crippen molar-refractivity contribution >= 4 is 21.7 Å². The van der Waals surface area contributed by atoms with Gasteiger partial charge in [-0.2, -0.15) is 5.10 Å². The Hall–Kier alpha value is -0.640. The van der Waals surface area contributed by atoms with Crippen molar-refractivity contribution in [3.8, 4) is 0 Å². The summed E-state index contributed by atoms with van der Waals surface area (Å²) in [6, 6.07) is 0. The lowest BCUT2D eigenvalue weighted by Gasteiger charge is -1.93. The monoisotopic (exact) mass is 216 g/mol. The van der Waals surface area contributed by atoms with E-state index in [9.17, 15) is 4.79 Å². The van der Waals surface area contributed by atoms with Crippen molar-refractivity contribution in [2.24, 2.45) is 0 Å². The zero-order chi connectivity index (χ0) is 8.43. The summed E-state index contributed by atoms with van der Waals surface area (Å²) < 4.78 is 2.57. The maximum absolute atomic E-state index is 10.7. The minimum absolute atomic E-state index is 0.111. The zero-order valence-corrected chi connectivity index (χ0v) is 8.05. The van der Waals surface area contributed by atoms with Crippen LogP contribution in [0.5, 0.6) is 0 Å². The van der Waals surface area contributed by atoms with Gasteiger partial charge in [0.2, 0.25) is 0 Å². The van der Waals surface area contributed by atoms with Crippen LogP contribution in [0.1, 0.15) is 12.6 Å². The first-order valence-electron chi connectivity index (χ1n) is 3.28. The number of nitrogens with zero attached hydrogens (tertiary/aromatic N) is 2. The number of Topliss-reactive ketones (excluding diaryl/α,β-unsaturated/α-hetero) is 1. The minimum Gasteiger partial charge on any atom is -0.298 e. The van der Waals surface area contributed by atoms with Gasteiger partial charge >= 0.3 is 0 Å². The van der Waals surface area contributed by atoms with Gasteiger partial charge in [0.1, 0.15) is 0 Å². The zero-order valence-electron chi connectivity index (χ0n) is 6.47. The SMILES string of the molecule is CC(=O)Cn1cc(Br)c(C)n1. The number of aryl methyl sites for hydroxylation is 1. The Labute approximate surface area is 73.5 Å². The summed E-state index contributed by atoms with van der Waals surface area (Å²) in [5, 5.41) is 4.10. The summed E-state index contributed by atoms with van der Waals surface area (Å²) in [7, 11) is 0. The molecule has 0 aliphatic rings. The third-order valence-corrected chi connectivity index (χ3v) is 2.05. The highest BCUT2D eigenvalue weighted by Gasteiger charge is 2.01. The third-order valence-electron chi connectivity index (χ3n) is 1.27. The van der Waals surface area contributed by atoms with Gasteiger partial charge in [-0.05, 0) is 29.8 Å². The molecule has 0 atom stereocenters. The smallest absolute Gasteiger partial charge is 0.151 e. The average Bonchev–Trinajstić information content (AvgIpc) is 2.10. The van der Waals surface area contributed by atoms with Crippen LogP contribution in [0, 0.1) is 6.92 Å². The molecule has 0 aromatic carbocycles. The van der Waals surface area contributed by atoms with Crippen LogP contribution in [0.4, 0.5) is 0 Å². The molecule has 0 amide bonds. The van der Waals surface area contributed by atoms with E-state index in [0.29, 0.717) is 6.54 Å². The second-order valence-electron chi connectivity index (χ2n) is 2.46. The molecule has 1 heterocycles. The second-order valence-corrected chi connectivity index (χ2v) is 3.32. The Morgan fingerprint density at radius 2 is 2.45 bits per heavy atom. The van der Waals surface area contributed by atoms with Crippen molar-refractivity contribution in [2.75, 3.05) is 0 Å². The van der Waals surface area contributed by atoms with Gasteiger partial charge in [-0.1, -0.05) is 0 Å². The molecule has 0 saturated heterocycles. The first kappa shape index (κ1) is 8.46. The Balaban J connectivity index is 2.81. The Kier molecular flexibility index (Phi) is 2.44. The molecule has 1 rings (SSSR count). The standard InChI is InChI=1S/C7H9BrN2O/c1-5(11)3-10-4-7(8)6(2)9-10/h4H,3H2,1-2H3. The predicted molar refractivity (Wildman–Crippen MR) is 45.3 cm³/mol. The van der Waals surface area contributed by atoms with E-state index in [0.717, 1.165) is 10.2 Å². The van der Waals surface area contributed by atoms with Gasteiger partial charge in [0, 0.05) is 6.20 Å². The second kappa shape index (κ2) is 3.17. The van der Waals surface area contributed by atoms with Gasteiger partial charge in [0.15, 0.2) is 5.78 Å². The molecule has 0 spiro atoms. The summed E-state index contributed by atoms with van der Waals surface area (Å²) >= 11 is 3.31. The molecule has 4 heteroatoms. The normalized spacial score (nSPS) is 10.1. The highest BCUT2D eigenvalue weighted by atomic mass is 79.9. The van der Waals surface area contributed by atoms with Gasteiger partial charge in [0.25, 0.3) is 0 Å². The minimum atomic E-state index is 0.111. The number of carbonyl (C=O) groups excluding carboxylic acids is 1. The topological polar surface area (TPSA) is 34.9 Å². The molecule has 0 fully saturated rings. The first-order valence-corrected chi connectivity index (χ1v) is 4.08. The van der Waals surface area contributed by atoms with Crippen molar-refractivity contribution in [1.29, 1.82) is 0 Å². The van der Waals surface area contributed by atoms with E-state index in [2.05, 4.69) is 21.0 Å². The molecule has 0 aliphatic heterocycles. The van der Waals surface area contributed by atoms with Crippen LogP contribution in [0.2, 0.25) is 0 Å². The molecule has 0 aliphatic carbocycles. The number of ketones is 1. The number of carbonyl (C=O) groups is 1. The van der Waals surface area contributed by atoms with E-state index in [1.54, 1.807) is 17.8 Å². The summed E-state index contributed by atoms with van der Waals surface area (Å²) in [4.78, 5) is 10.7. The lowest BCUT2D eigenvalue weighted by molar-refractivity contribution is -0.117. The van der Waals surface area contributed by atoms with Gasteiger partial charge in [0.05, 0.1) is 16.7 Å². The highest BCUT2D eigenvalue weighted by Crippen LogP contribution is 2.12. The van der Waals surface area contributed by atoms with Crippen molar-refractivity contribution in [3.63, 3.8) is 0 Å². The van der Waals surface area contributed by atoms with Gasteiger partial charge < -0.3 is 0 Å². The maximum Gasteiger partial charge on any atom is 0.151 e. The first-order chi connectivity index (χ1) is 5.09. The van der Waals surface area contributed by atoms with Gasteiger partial charge in [-0.25, -0.2) is 0 Å². The van der Waals surface area contributed by atoms with Crippen molar-refractivity contribution in [1.82, 2.24) is 9.78 Å². The Bertz CT molecular complexity index is 260. The van der Waals surface area contributed by atoms with Crippen LogP contribution >= 0.6 is 15.9 Å². The number of hydrogen-bond donors (Lipinski definition) is 0. The molecule has 0 unspecified atom stereocenters. The number of rotatable bonds is 2. The molecule has 0 radical (unpaired) electrons. The Morgan fingerprint density at radius 3 is 2.82 bits per heavy atom. The predicted octanol–water partition coefficient (Wildman–Crippen LogP) is 1.54. The quantitative estimate of drug-likeness (QED) is 0.753. The highest BCUT2D eigenvalue weighted by molar-refractivity contribution is 9.10. The van der Waals surface area contributed by atoms with E-state index in [-0.39, 0.29) is 5.78 Å². The molecule has 60 valence electrons. The molecular formula is C7H9BrN2O.